The van der Waals surface area contributed by atoms with Gasteiger partial charge in [0.25, 0.3) is 0 Å². The van der Waals surface area contributed by atoms with Crippen LogP contribution in [-0.4, -0.2) is 13.7 Å². The summed E-state index contributed by atoms with van der Waals surface area (Å²) in [5.74, 6) is 0. The lowest BCUT2D eigenvalue weighted by Crippen LogP contribution is -2.12. The third-order valence-corrected chi connectivity index (χ3v) is 4.08. The molecule has 0 fully saturated rings. The van der Waals surface area contributed by atoms with Crippen molar-refractivity contribution < 1.29 is 4.74 Å². The normalized spacial score (nSPS) is 12.4. The zero-order valence-corrected chi connectivity index (χ0v) is 12.8. The number of ether oxygens (including phenoxy) is 1. The molecular formula is C16H17Cl2NO. The summed E-state index contributed by atoms with van der Waals surface area (Å²) in [7, 11) is 1.70. The molecule has 2 rings (SSSR count). The van der Waals surface area contributed by atoms with Crippen LogP contribution in [0.25, 0.3) is 0 Å². The lowest BCUT2D eigenvalue weighted by Gasteiger charge is -2.15. The molecule has 0 aromatic heterocycles. The first-order valence-electron chi connectivity index (χ1n) is 6.40. The molecule has 2 N–H and O–H groups in total. The molecule has 2 aromatic rings. The number of halogens is 2. The summed E-state index contributed by atoms with van der Waals surface area (Å²) in [5.41, 5.74) is 9.34. The van der Waals surface area contributed by atoms with Crippen LogP contribution in [0.2, 0.25) is 10.0 Å². The molecule has 0 bridgehead atoms. The van der Waals surface area contributed by atoms with Crippen LogP contribution in [0.4, 0.5) is 0 Å². The predicted octanol–water partition coefficient (Wildman–Crippen LogP) is 4.23. The SMILES string of the molecule is COCCc1ccc(C(N)c2cccc(Cl)c2Cl)cc1. The van der Waals surface area contributed by atoms with Gasteiger partial charge in [-0.3, -0.25) is 0 Å². The van der Waals surface area contributed by atoms with Crippen LogP contribution in [0, 0.1) is 0 Å². The van der Waals surface area contributed by atoms with E-state index >= 15 is 0 Å². The summed E-state index contributed by atoms with van der Waals surface area (Å²) in [6.45, 7) is 0.714. The van der Waals surface area contributed by atoms with E-state index in [9.17, 15) is 0 Å². The van der Waals surface area contributed by atoms with E-state index in [4.69, 9.17) is 33.7 Å². The molecule has 4 heteroatoms. The van der Waals surface area contributed by atoms with Gasteiger partial charge in [0.2, 0.25) is 0 Å². The monoisotopic (exact) mass is 309 g/mol. The van der Waals surface area contributed by atoms with Crippen LogP contribution in [0.15, 0.2) is 42.5 Å². The maximum atomic E-state index is 6.27. The topological polar surface area (TPSA) is 35.2 Å². The molecular weight excluding hydrogens is 293 g/mol. The summed E-state index contributed by atoms with van der Waals surface area (Å²) in [5, 5.41) is 1.04. The minimum absolute atomic E-state index is 0.280. The highest BCUT2D eigenvalue weighted by molar-refractivity contribution is 6.42. The van der Waals surface area contributed by atoms with Gasteiger partial charge in [-0.25, -0.2) is 0 Å². The smallest absolute Gasteiger partial charge is 0.0643 e. The first-order valence-corrected chi connectivity index (χ1v) is 7.16. The van der Waals surface area contributed by atoms with Crippen molar-refractivity contribution >= 4 is 23.2 Å². The van der Waals surface area contributed by atoms with E-state index in [0.29, 0.717) is 16.7 Å². The van der Waals surface area contributed by atoms with Gasteiger partial charge in [0.1, 0.15) is 0 Å². The molecule has 0 radical (unpaired) electrons. The molecule has 0 heterocycles. The zero-order valence-electron chi connectivity index (χ0n) is 11.3. The first kappa shape index (κ1) is 15.3. The first-order chi connectivity index (χ1) is 9.63. The molecule has 0 aliphatic heterocycles. The van der Waals surface area contributed by atoms with Gasteiger partial charge in [0.15, 0.2) is 0 Å². The number of hydrogen-bond donors (Lipinski definition) is 1. The van der Waals surface area contributed by atoms with Crippen molar-refractivity contribution in [2.75, 3.05) is 13.7 Å². The van der Waals surface area contributed by atoms with E-state index in [2.05, 4.69) is 12.1 Å². The fourth-order valence-electron chi connectivity index (χ4n) is 2.05. The average Bonchev–Trinajstić information content (AvgIpc) is 2.48. The van der Waals surface area contributed by atoms with Crippen molar-refractivity contribution in [1.82, 2.24) is 0 Å². The van der Waals surface area contributed by atoms with Gasteiger partial charge in [0.05, 0.1) is 22.7 Å². The lowest BCUT2D eigenvalue weighted by molar-refractivity contribution is 0.202. The van der Waals surface area contributed by atoms with E-state index in [1.54, 1.807) is 13.2 Å². The third kappa shape index (κ3) is 3.53. The Hall–Kier alpha value is -1.06. The van der Waals surface area contributed by atoms with Gasteiger partial charge in [-0.15, -0.1) is 0 Å². The Morgan fingerprint density at radius 1 is 1.10 bits per heavy atom. The zero-order chi connectivity index (χ0) is 14.5. The highest BCUT2D eigenvalue weighted by Gasteiger charge is 2.14. The standard InChI is InChI=1S/C16H17Cl2NO/c1-20-10-9-11-5-7-12(8-6-11)16(19)13-3-2-4-14(17)15(13)18/h2-8,16H,9-10,19H2,1H3. The van der Waals surface area contributed by atoms with E-state index in [-0.39, 0.29) is 6.04 Å². The van der Waals surface area contributed by atoms with Crippen molar-refractivity contribution in [2.45, 2.75) is 12.5 Å². The molecule has 0 aliphatic rings. The molecule has 1 unspecified atom stereocenters. The Bertz CT molecular complexity index is 569. The van der Waals surface area contributed by atoms with Crippen molar-refractivity contribution in [1.29, 1.82) is 0 Å². The summed E-state index contributed by atoms with van der Waals surface area (Å²) in [6, 6.07) is 13.4. The maximum absolute atomic E-state index is 6.27. The molecule has 106 valence electrons. The van der Waals surface area contributed by atoms with Crippen molar-refractivity contribution in [3.8, 4) is 0 Å². The fraction of sp³-hybridized carbons (Fsp3) is 0.250. The molecule has 2 nitrogen and oxygen atoms in total. The molecule has 1 atom stereocenters. The maximum Gasteiger partial charge on any atom is 0.0643 e. The van der Waals surface area contributed by atoms with Crippen LogP contribution < -0.4 is 5.73 Å². The Labute approximate surface area is 129 Å². The van der Waals surface area contributed by atoms with Gasteiger partial charge >= 0.3 is 0 Å². The summed E-state index contributed by atoms with van der Waals surface area (Å²) >= 11 is 12.2. The lowest BCUT2D eigenvalue weighted by atomic mass is 9.98. The molecule has 0 saturated carbocycles. The Morgan fingerprint density at radius 2 is 1.80 bits per heavy atom. The molecule has 0 saturated heterocycles. The van der Waals surface area contributed by atoms with Crippen molar-refractivity contribution in [3.63, 3.8) is 0 Å². The minimum Gasteiger partial charge on any atom is -0.384 e. The largest absolute Gasteiger partial charge is 0.384 e. The quantitative estimate of drug-likeness (QED) is 0.897. The molecule has 0 aliphatic carbocycles. The molecule has 0 spiro atoms. The molecule has 2 aromatic carbocycles. The van der Waals surface area contributed by atoms with Gasteiger partial charge in [-0.1, -0.05) is 59.6 Å². The number of rotatable bonds is 5. The number of nitrogens with two attached hydrogens (primary N) is 1. The van der Waals surface area contributed by atoms with Gasteiger partial charge in [-0.2, -0.15) is 0 Å². The van der Waals surface area contributed by atoms with Gasteiger partial charge in [-0.05, 0) is 29.2 Å². The predicted molar refractivity (Wildman–Crippen MR) is 84.5 cm³/mol. The Kier molecular flexibility index (Phi) is 5.44. The van der Waals surface area contributed by atoms with Crippen LogP contribution in [-0.2, 0) is 11.2 Å². The van der Waals surface area contributed by atoms with E-state index in [0.717, 1.165) is 17.5 Å². The van der Waals surface area contributed by atoms with E-state index < -0.39 is 0 Å². The molecule has 20 heavy (non-hydrogen) atoms. The Balaban J connectivity index is 2.20. The van der Waals surface area contributed by atoms with Crippen LogP contribution in [0.3, 0.4) is 0 Å². The van der Waals surface area contributed by atoms with Gasteiger partial charge in [0, 0.05) is 7.11 Å². The fourth-order valence-corrected chi connectivity index (χ4v) is 2.48. The molecule has 0 amide bonds. The Morgan fingerprint density at radius 3 is 2.45 bits per heavy atom. The third-order valence-electron chi connectivity index (χ3n) is 3.25. The number of hydrogen-bond acceptors (Lipinski definition) is 2. The van der Waals surface area contributed by atoms with Crippen LogP contribution in [0.1, 0.15) is 22.7 Å². The minimum atomic E-state index is -0.280. The summed E-state index contributed by atoms with van der Waals surface area (Å²) in [6.07, 6.45) is 0.893. The number of methoxy groups -OCH3 is 1. The van der Waals surface area contributed by atoms with E-state index in [1.165, 1.54) is 5.56 Å². The highest BCUT2D eigenvalue weighted by atomic mass is 35.5. The van der Waals surface area contributed by atoms with Gasteiger partial charge < -0.3 is 10.5 Å². The van der Waals surface area contributed by atoms with Crippen LogP contribution >= 0.6 is 23.2 Å². The van der Waals surface area contributed by atoms with Crippen molar-refractivity contribution in [3.05, 3.63) is 69.2 Å². The average molecular weight is 310 g/mol. The number of benzene rings is 2. The van der Waals surface area contributed by atoms with E-state index in [1.807, 2.05) is 24.3 Å². The van der Waals surface area contributed by atoms with Crippen LogP contribution in [0.5, 0.6) is 0 Å². The highest BCUT2D eigenvalue weighted by Crippen LogP contribution is 2.31. The second-order valence-electron chi connectivity index (χ2n) is 4.61. The summed E-state index contributed by atoms with van der Waals surface area (Å²) in [4.78, 5) is 0. The second-order valence-corrected chi connectivity index (χ2v) is 5.39. The van der Waals surface area contributed by atoms with Crippen molar-refractivity contribution in [2.24, 2.45) is 5.73 Å². The summed E-state index contributed by atoms with van der Waals surface area (Å²) < 4.78 is 5.06. The second kappa shape index (κ2) is 7.09.